The van der Waals surface area contributed by atoms with E-state index >= 15 is 4.39 Å². The summed E-state index contributed by atoms with van der Waals surface area (Å²) >= 11 is 6.16. The summed E-state index contributed by atoms with van der Waals surface area (Å²) in [4.78, 5) is 29.7. The fourth-order valence-electron chi connectivity index (χ4n) is 5.60. The molecule has 0 radical (unpaired) electrons. The number of para-hydroxylation sites is 1. The van der Waals surface area contributed by atoms with Gasteiger partial charge in [0.15, 0.2) is 0 Å². The second-order valence-electron chi connectivity index (χ2n) is 11.4. The van der Waals surface area contributed by atoms with Gasteiger partial charge in [0, 0.05) is 40.3 Å². The molecule has 1 aliphatic rings. The molecule has 0 aliphatic carbocycles. The maximum atomic E-state index is 15.1. The van der Waals surface area contributed by atoms with Gasteiger partial charge < -0.3 is 31.2 Å². The molecule has 5 rings (SSSR count). The number of carbonyl (C=O) groups is 2. The number of ether oxygens (including phenoxy) is 2. The predicted molar refractivity (Wildman–Crippen MR) is 173 cm³/mol. The number of benzene rings is 3. The first-order valence-corrected chi connectivity index (χ1v) is 15.6. The molecule has 48 heavy (non-hydrogen) atoms. The van der Waals surface area contributed by atoms with Gasteiger partial charge in [-0.1, -0.05) is 48.0 Å². The highest BCUT2D eigenvalue weighted by Gasteiger charge is 2.31. The molecule has 0 bridgehead atoms. The Balaban J connectivity index is 1.23. The molecule has 0 spiro atoms. The second kappa shape index (κ2) is 15.7. The Hall–Kier alpha value is -4.30. The number of anilines is 1. The minimum absolute atomic E-state index is 0.128. The molecule has 5 N–H and O–H groups in total. The van der Waals surface area contributed by atoms with E-state index in [1.807, 2.05) is 42.5 Å². The third-order valence-electron chi connectivity index (χ3n) is 8.02. The van der Waals surface area contributed by atoms with Crippen LogP contribution in [0.2, 0.25) is 5.02 Å². The number of alkyl halides is 3. The van der Waals surface area contributed by atoms with Gasteiger partial charge in [0.25, 0.3) is 0 Å². The molecule has 4 aromatic rings. The lowest BCUT2D eigenvalue weighted by molar-refractivity contribution is -0.124. The average molecular weight is 688 g/mol. The number of amides is 2. The van der Waals surface area contributed by atoms with Crippen molar-refractivity contribution in [2.75, 3.05) is 31.6 Å². The molecule has 0 saturated carbocycles. The monoisotopic (exact) mass is 687 g/mol. The summed E-state index contributed by atoms with van der Waals surface area (Å²) in [7, 11) is 0. The molecule has 2 heterocycles. The lowest BCUT2D eigenvalue weighted by atomic mass is 9.83. The highest BCUT2D eigenvalue weighted by atomic mass is 35.5. The molecule has 2 amide bonds. The molecule has 1 aromatic heterocycles. The Kier molecular flexibility index (Phi) is 11.5. The summed E-state index contributed by atoms with van der Waals surface area (Å²) in [5, 5.41) is 8.98. The van der Waals surface area contributed by atoms with Gasteiger partial charge in [-0.3, -0.25) is 9.78 Å². The van der Waals surface area contributed by atoms with Crippen LogP contribution in [0.25, 0.3) is 10.9 Å². The first-order chi connectivity index (χ1) is 23.0. The Morgan fingerprint density at radius 1 is 1.08 bits per heavy atom. The van der Waals surface area contributed by atoms with Crippen molar-refractivity contribution in [3.05, 3.63) is 107 Å². The van der Waals surface area contributed by atoms with Crippen LogP contribution in [0.15, 0.2) is 79.0 Å². The Labute approximate surface area is 279 Å². The summed E-state index contributed by atoms with van der Waals surface area (Å²) in [5.41, 5.74) is 9.59. The van der Waals surface area contributed by atoms with Crippen LogP contribution < -0.4 is 21.7 Å². The van der Waals surface area contributed by atoms with Crippen LogP contribution in [0.5, 0.6) is 0 Å². The van der Waals surface area contributed by atoms with Crippen molar-refractivity contribution in [3.8, 4) is 0 Å². The lowest BCUT2D eigenvalue weighted by Crippen LogP contribution is -2.49. The maximum Gasteiger partial charge on any atom is 0.407 e. The number of aromatic nitrogens is 1. The topological polar surface area (TPSA) is 128 Å². The Morgan fingerprint density at radius 2 is 1.85 bits per heavy atom. The molecule has 3 aromatic carbocycles. The smallest absolute Gasteiger partial charge is 0.407 e. The van der Waals surface area contributed by atoms with E-state index in [2.05, 4.69) is 15.6 Å². The van der Waals surface area contributed by atoms with Crippen LogP contribution in [0, 0.1) is 5.82 Å². The number of rotatable bonds is 11. The molecule has 1 saturated heterocycles. The largest absolute Gasteiger partial charge is 0.448 e. The predicted octanol–water partition coefficient (Wildman–Crippen LogP) is 5.70. The third-order valence-corrected chi connectivity index (χ3v) is 8.27. The normalized spacial score (nSPS) is 17.8. The molecule has 4 atom stereocenters. The van der Waals surface area contributed by atoms with Crippen LogP contribution in [-0.4, -0.2) is 67.7 Å². The van der Waals surface area contributed by atoms with Crippen LogP contribution in [0.1, 0.15) is 29.0 Å². The van der Waals surface area contributed by atoms with E-state index in [-0.39, 0.29) is 37.0 Å². The van der Waals surface area contributed by atoms with E-state index in [9.17, 15) is 22.8 Å². The van der Waals surface area contributed by atoms with E-state index in [1.54, 1.807) is 29.7 Å². The van der Waals surface area contributed by atoms with Crippen LogP contribution >= 0.6 is 11.6 Å². The highest BCUT2D eigenvalue weighted by molar-refractivity contribution is 6.30. The number of nitrogens with zero attached hydrogens (tertiary/aromatic N) is 1. The highest BCUT2D eigenvalue weighted by Crippen LogP contribution is 2.34. The maximum absolute atomic E-state index is 15.1. The van der Waals surface area contributed by atoms with Gasteiger partial charge >= 0.3 is 12.3 Å². The second-order valence-corrected chi connectivity index (χ2v) is 11.8. The van der Waals surface area contributed by atoms with Gasteiger partial charge in [0.1, 0.15) is 19.0 Å². The number of nitrogens with two attached hydrogens (primary N) is 1. The average Bonchev–Trinajstić information content (AvgIpc) is 3.07. The number of pyridine rings is 1. The molecule has 1 fully saturated rings. The Morgan fingerprint density at radius 3 is 2.58 bits per heavy atom. The van der Waals surface area contributed by atoms with Crippen molar-refractivity contribution in [1.29, 1.82) is 0 Å². The van der Waals surface area contributed by atoms with Gasteiger partial charge in [-0.05, 0) is 60.4 Å². The standard InChI is InChI=1S/C34H34ClF4N5O4/c35-21-10-8-20(9-11-21)30(25-14-15-41-28-6-2-1-4-24(25)28)31(40)32(45)44-29-7-3-5-27(36)26(29)13-12-23-16-42-22(17-47-23)18-48-33(46)43-19-34(37,38)39/h1-11,14-15,22-23,30-31,42H,12-13,16-19,40H2,(H,43,46)(H,44,45)/t22-,23+,30-,31-/m0/s1. The zero-order chi connectivity index (χ0) is 34.3. The van der Waals surface area contributed by atoms with E-state index in [4.69, 9.17) is 26.8 Å². The van der Waals surface area contributed by atoms with Crippen LogP contribution in [0.4, 0.5) is 28.0 Å². The van der Waals surface area contributed by atoms with Crippen molar-refractivity contribution in [2.24, 2.45) is 5.73 Å². The van der Waals surface area contributed by atoms with Gasteiger partial charge in [-0.15, -0.1) is 0 Å². The molecule has 9 nitrogen and oxygen atoms in total. The van der Waals surface area contributed by atoms with Gasteiger partial charge in [-0.25, -0.2) is 9.18 Å². The summed E-state index contributed by atoms with van der Waals surface area (Å²) < 4.78 is 62.6. The molecular weight excluding hydrogens is 654 g/mol. The molecule has 14 heteroatoms. The third kappa shape index (κ3) is 9.19. The number of halogens is 5. The summed E-state index contributed by atoms with van der Waals surface area (Å²) in [6, 6.07) is 19.4. The van der Waals surface area contributed by atoms with E-state index < -0.39 is 48.5 Å². The van der Waals surface area contributed by atoms with Crippen molar-refractivity contribution in [2.45, 2.75) is 43.1 Å². The number of hydrogen-bond donors (Lipinski definition) is 4. The zero-order valence-electron chi connectivity index (χ0n) is 25.6. The first kappa shape index (κ1) is 35.0. The van der Waals surface area contributed by atoms with Gasteiger partial charge in [-0.2, -0.15) is 13.2 Å². The SMILES string of the molecule is N[C@H](C(=O)Nc1cccc(F)c1CC[C@@H]1CN[C@H](COC(=O)NCC(F)(F)F)CO1)[C@@H](c1ccc(Cl)cc1)c1ccnc2ccccc12. The van der Waals surface area contributed by atoms with Crippen LogP contribution in [-0.2, 0) is 20.7 Å². The van der Waals surface area contributed by atoms with Gasteiger partial charge in [0.2, 0.25) is 5.91 Å². The number of hydrogen-bond acceptors (Lipinski definition) is 7. The van der Waals surface area contributed by atoms with Crippen molar-refractivity contribution in [1.82, 2.24) is 15.6 Å². The van der Waals surface area contributed by atoms with Crippen molar-refractivity contribution >= 4 is 40.2 Å². The summed E-state index contributed by atoms with van der Waals surface area (Å²) in [6.07, 6.45) is -3.78. The quantitative estimate of drug-likeness (QED) is 0.149. The fourth-order valence-corrected chi connectivity index (χ4v) is 5.73. The number of carbonyl (C=O) groups excluding carboxylic acids is 2. The number of nitrogens with one attached hydrogen (secondary N) is 3. The summed E-state index contributed by atoms with van der Waals surface area (Å²) in [5.74, 6) is -1.60. The first-order valence-electron chi connectivity index (χ1n) is 15.2. The van der Waals surface area contributed by atoms with Crippen LogP contribution in [0.3, 0.4) is 0 Å². The number of fused-ring (bicyclic) bond motifs is 1. The van der Waals surface area contributed by atoms with Crippen molar-refractivity contribution < 1.29 is 36.6 Å². The van der Waals surface area contributed by atoms with E-state index in [1.165, 1.54) is 12.1 Å². The van der Waals surface area contributed by atoms with Crippen molar-refractivity contribution in [3.63, 3.8) is 0 Å². The molecule has 0 unspecified atom stereocenters. The van der Waals surface area contributed by atoms with E-state index in [0.717, 1.165) is 22.0 Å². The van der Waals surface area contributed by atoms with E-state index in [0.29, 0.717) is 18.0 Å². The molecule has 1 aliphatic heterocycles. The zero-order valence-corrected chi connectivity index (χ0v) is 26.4. The Bertz CT molecular complexity index is 1710. The minimum atomic E-state index is -4.54. The number of morpholine rings is 1. The van der Waals surface area contributed by atoms with Gasteiger partial charge in [0.05, 0.1) is 30.3 Å². The molecule has 254 valence electrons. The fraction of sp³-hybridized carbons (Fsp3) is 0.324. The number of alkyl carbamates (subject to hydrolysis) is 1. The lowest BCUT2D eigenvalue weighted by Gasteiger charge is -2.30. The minimum Gasteiger partial charge on any atom is -0.448 e. The molecular formula is C34H34ClF4N5O4. The summed E-state index contributed by atoms with van der Waals surface area (Å²) in [6.45, 7) is -1.21.